The molecule has 1 unspecified atom stereocenters. The molecule has 0 amide bonds. The molecule has 1 aromatic heterocycles. The lowest BCUT2D eigenvalue weighted by molar-refractivity contribution is 0.771. The molecule has 1 atom stereocenters. The highest BCUT2D eigenvalue weighted by Crippen LogP contribution is 2.58. The number of anilines is 2. The third kappa shape index (κ3) is 5.50. The predicted molar refractivity (Wildman–Crippen MR) is 256 cm³/mol. The van der Waals surface area contributed by atoms with Crippen LogP contribution in [-0.4, -0.2) is 4.57 Å². The molecule has 286 valence electrons. The van der Waals surface area contributed by atoms with Crippen LogP contribution in [0.5, 0.6) is 0 Å². The van der Waals surface area contributed by atoms with E-state index in [0.29, 0.717) is 0 Å². The molecular weight excluding hydrogens is 737 g/mol. The minimum absolute atomic E-state index is 0.557. The number of aromatic nitrogens is 1. The van der Waals surface area contributed by atoms with E-state index in [1.165, 1.54) is 82.7 Å². The zero-order valence-electron chi connectivity index (χ0n) is 33.5. The summed E-state index contributed by atoms with van der Waals surface area (Å²) in [5.74, 6) is 0. The van der Waals surface area contributed by atoms with E-state index in [2.05, 4.69) is 246 Å². The Balaban J connectivity index is 1.06. The number of nitrogens with one attached hydrogen (secondary N) is 1. The molecule has 12 rings (SSSR count). The fourth-order valence-electron chi connectivity index (χ4n) is 10.2. The van der Waals surface area contributed by atoms with Gasteiger partial charge in [0.05, 0.1) is 16.4 Å². The second-order valence-electron chi connectivity index (χ2n) is 16.1. The average molecular weight is 777 g/mol. The average Bonchev–Trinajstić information content (AvgIpc) is 3.83. The van der Waals surface area contributed by atoms with Gasteiger partial charge in [0.1, 0.15) is 0 Å². The van der Waals surface area contributed by atoms with Crippen LogP contribution in [0.25, 0.3) is 71.6 Å². The second kappa shape index (κ2) is 14.1. The fraction of sp³-hybridized carbons (Fsp3) is 0.0169. The monoisotopic (exact) mass is 776 g/mol. The van der Waals surface area contributed by atoms with Gasteiger partial charge in [-0.05, 0) is 97.4 Å². The quantitative estimate of drug-likeness (QED) is 0.171. The van der Waals surface area contributed by atoms with E-state index in [0.717, 1.165) is 22.6 Å². The Bertz CT molecular complexity index is 3440. The summed E-state index contributed by atoms with van der Waals surface area (Å²) in [6.07, 6.45) is 0. The van der Waals surface area contributed by atoms with Gasteiger partial charge in [0.15, 0.2) is 0 Å². The molecule has 0 saturated heterocycles. The summed E-state index contributed by atoms with van der Waals surface area (Å²) in [5.41, 5.74) is 17.5. The molecular formula is C59H40N2. The van der Waals surface area contributed by atoms with Crippen LogP contribution in [-0.2, 0) is 5.41 Å². The molecule has 11 aromatic rings. The Morgan fingerprint density at radius 2 is 0.934 bits per heavy atom. The molecule has 1 N–H and O–H groups in total. The molecule has 10 aromatic carbocycles. The first-order chi connectivity index (χ1) is 30.3. The van der Waals surface area contributed by atoms with E-state index in [4.69, 9.17) is 0 Å². The van der Waals surface area contributed by atoms with Crippen molar-refractivity contribution in [3.63, 3.8) is 0 Å². The maximum absolute atomic E-state index is 3.92. The SMILES string of the molecule is c1ccc(-c2cccc(-n3c4cc(Nc5ccc6c(c5)C(c5ccccc5)(c5ccccc5-c5ccccc5)c5ccccc5-6)ccc4c4ccc5ccccc5c43)c2)cc1. The molecule has 0 bridgehead atoms. The minimum atomic E-state index is -0.557. The molecule has 1 aliphatic rings. The van der Waals surface area contributed by atoms with Gasteiger partial charge in [0.2, 0.25) is 0 Å². The summed E-state index contributed by atoms with van der Waals surface area (Å²) in [4.78, 5) is 0. The van der Waals surface area contributed by atoms with E-state index in [9.17, 15) is 0 Å². The Morgan fingerprint density at radius 3 is 1.74 bits per heavy atom. The molecule has 1 aliphatic carbocycles. The van der Waals surface area contributed by atoms with Gasteiger partial charge < -0.3 is 9.88 Å². The first-order valence-corrected chi connectivity index (χ1v) is 21.1. The van der Waals surface area contributed by atoms with Gasteiger partial charge >= 0.3 is 0 Å². The number of hydrogen-bond donors (Lipinski definition) is 1. The standard InChI is InChI=1S/C59H40N2/c1-4-17-40(18-5-1)43-22-16-25-47(37-43)61-57-39-46(33-36-52(57)53-34-31-42-21-10-11-27-49(42)58(53)61)60-45-32-35-51-50-28-13-15-30-55(50)59(56(51)38-45,44-23-8-3-9-24-44)54-29-14-12-26-48(54)41-19-6-2-7-20-41/h1-39,60H. The molecule has 0 spiro atoms. The van der Waals surface area contributed by atoms with E-state index >= 15 is 0 Å². The largest absolute Gasteiger partial charge is 0.355 e. The molecule has 1 heterocycles. The maximum Gasteiger partial charge on any atom is 0.0720 e. The van der Waals surface area contributed by atoms with E-state index in [1.54, 1.807) is 0 Å². The number of hydrogen-bond acceptors (Lipinski definition) is 1. The van der Waals surface area contributed by atoms with Gasteiger partial charge in [-0.1, -0.05) is 200 Å². The van der Waals surface area contributed by atoms with Gasteiger partial charge in [0.25, 0.3) is 0 Å². The van der Waals surface area contributed by atoms with Crippen molar-refractivity contribution in [2.45, 2.75) is 5.41 Å². The van der Waals surface area contributed by atoms with Gasteiger partial charge in [-0.25, -0.2) is 0 Å². The third-order valence-electron chi connectivity index (χ3n) is 12.8. The van der Waals surface area contributed by atoms with Crippen molar-refractivity contribution in [1.82, 2.24) is 4.57 Å². The third-order valence-corrected chi connectivity index (χ3v) is 12.8. The lowest BCUT2D eigenvalue weighted by Gasteiger charge is -2.35. The Morgan fingerprint density at radius 1 is 0.344 bits per heavy atom. The summed E-state index contributed by atoms with van der Waals surface area (Å²) in [6, 6.07) is 86.6. The molecule has 61 heavy (non-hydrogen) atoms. The summed E-state index contributed by atoms with van der Waals surface area (Å²) < 4.78 is 2.46. The van der Waals surface area contributed by atoms with Crippen molar-refractivity contribution >= 4 is 44.0 Å². The lowest BCUT2D eigenvalue weighted by Crippen LogP contribution is -2.29. The predicted octanol–water partition coefficient (Wildman–Crippen LogP) is 15.4. The van der Waals surface area contributed by atoms with Gasteiger partial charge in [-0.2, -0.15) is 0 Å². The Kier molecular flexibility index (Phi) is 8.11. The van der Waals surface area contributed by atoms with Crippen molar-refractivity contribution in [1.29, 1.82) is 0 Å². The van der Waals surface area contributed by atoms with E-state index in [1.807, 2.05) is 0 Å². The zero-order valence-corrected chi connectivity index (χ0v) is 33.5. The topological polar surface area (TPSA) is 17.0 Å². The number of nitrogens with zero attached hydrogens (tertiary/aromatic N) is 1. The highest BCUT2D eigenvalue weighted by atomic mass is 15.0. The van der Waals surface area contributed by atoms with Crippen molar-refractivity contribution in [2.24, 2.45) is 0 Å². The van der Waals surface area contributed by atoms with Crippen LogP contribution in [0.4, 0.5) is 11.4 Å². The first kappa shape index (κ1) is 35.0. The van der Waals surface area contributed by atoms with Crippen molar-refractivity contribution in [3.8, 4) is 39.1 Å². The molecule has 0 saturated carbocycles. The Labute approximate surface area is 355 Å². The van der Waals surface area contributed by atoms with Crippen LogP contribution < -0.4 is 5.32 Å². The van der Waals surface area contributed by atoms with Crippen LogP contribution in [0.3, 0.4) is 0 Å². The highest BCUT2D eigenvalue weighted by molar-refractivity contribution is 6.19. The van der Waals surface area contributed by atoms with Crippen LogP contribution in [0.2, 0.25) is 0 Å². The smallest absolute Gasteiger partial charge is 0.0720 e. The summed E-state index contributed by atoms with van der Waals surface area (Å²) in [6.45, 7) is 0. The van der Waals surface area contributed by atoms with Crippen molar-refractivity contribution in [2.75, 3.05) is 5.32 Å². The molecule has 2 heteroatoms. The molecule has 0 aliphatic heterocycles. The van der Waals surface area contributed by atoms with Crippen LogP contribution >= 0.6 is 0 Å². The number of rotatable bonds is 7. The van der Waals surface area contributed by atoms with Crippen LogP contribution in [0, 0.1) is 0 Å². The molecule has 2 nitrogen and oxygen atoms in total. The zero-order chi connectivity index (χ0) is 40.3. The van der Waals surface area contributed by atoms with E-state index < -0.39 is 5.41 Å². The second-order valence-corrected chi connectivity index (χ2v) is 16.1. The molecule has 0 radical (unpaired) electrons. The van der Waals surface area contributed by atoms with Gasteiger partial charge in [-0.15, -0.1) is 0 Å². The lowest BCUT2D eigenvalue weighted by atomic mass is 9.66. The van der Waals surface area contributed by atoms with Crippen molar-refractivity contribution < 1.29 is 0 Å². The van der Waals surface area contributed by atoms with Gasteiger partial charge in [-0.3, -0.25) is 0 Å². The molecule has 0 fully saturated rings. The number of benzene rings is 10. The van der Waals surface area contributed by atoms with E-state index in [-0.39, 0.29) is 0 Å². The Hall–Kier alpha value is -7.94. The summed E-state index contributed by atoms with van der Waals surface area (Å²) in [7, 11) is 0. The maximum atomic E-state index is 3.92. The number of fused-ring (bicyclic) bond motifs is 8. The normalized spacial score (nSPS) is 14.3. The summed E-state index contributed by atoms with van der Waals surface area (Å²) in [5, 5.41) is 8.85. The fourth-order valence-corrected chi connectivity index (χ4v) is 10.2. The minimum Gasteiger partial charge on any atom is -0.355 e. The first-order valence-electron chi connectivity index (χ1n) is 21.1. The van der Waals surface area contributed by atoms with Crippen LogP contribution in [0.1, 0.15) is 22.3 Å². The van der Waals surface area contributed by atoms with Crippen molar-refractivity contribution in [3.05, 3.63) is 259 Å². The van der Waals surface area contributed by atoms with Crippen LogP contribution in [0.15, 0.2) is 237 Å². The van der Waals surface area contributed by atoms with Gasteiger partial charge in [0, 0.05) is 33.2 Å². The summed E-state index contributed by atoms with van der Waals surface area (Å²) >= 11 is 0. The highest BCUT2D eigenvalue weighted by Gasteiger charge is 2.47.